The predicted octanol–water partition coefficient (Wildman–Crippen LogP) is 7.07. The normalized spacial score (nSPS) is 15.7. The van der Waals surface area contributed by atoms with E-state index in [9.17, 15) is 4.79 Å². The highest BCUT2D eigenvalue weighted by Crippen LogP contribution is 2.14. The number of carbonyl (C=O) groups excluding carboxylic acids is 1. The molecule has 1 aromatic rings. The van der Waals surface area contributed by atoms with Crippen molar-refractivity contribution in [3.8, 4) is 0 Å². The first-order valence-electron chi connectivity index (χ1n) is 14.3. The van der Waals surface area contributed by atoms with E-state index in [1.54, 1.807) is 0 Å². The maximum Gasteiger partial charge on any atom is 0.410 e. The van der Waals surface area contributed by atoms with Gasteiger partial charge in [0.1, 0.15) is 12.6 Å². The van der Waals surface area contributed by atoms with Gasteiger partial charge in [-0.05, 0) is 12.8 Å². The number of carbonyl (C=O) groups is 1. The second-order valence-electron chi connectivity index (χ2n) is 9.94. The largest absolute Gasteiger partial charge is 0.442 e. The van der Waals surface area contributed by atoms with Crippen LogP contribution in [-0.2, 0) is 16.0 Å². The van der Waals surface area contributed by atoms with E-state index in [4.69, 9.17) is 9.47 Å². The Bertz CT molecular complexity index is 611. The smallest absolute Gasteiger partial charge is 0.410 e. The second kappa shape index (κ2) is 19.7. The van der Waals surface area contributed by atoms with Gasteiger partial charge < -0.3 is 14.4 Å². The molecule has 0 radical (unpaired) electrons. The molecule has 1 atom stereocenters. The van der Waals surface area contributed by atoms with E-state index < -0.39 is 0 Å². The number of ether oxygens (including phenoxy) is 2. The van der Waals surface area contributed by atoms with Crippen molar-refractivity contribution in [2.24, 2.45) is 0 Å². The standard InChI is InChI=1S/C29H51N2O3/c1-2-3-4-5-6-7-8-9-10-11-12-13-14-20-25-33-27-28-26-31(29(32)34-28)24-19-18-23-30-21-16-15-17-22-30/h15-17,21-22,28H,2-14,18-20,23-27H2,1H3/q+1. The molecular formula is C29H51N2O3+. The molecule has 1 fully saturated rings. The number of rotatable bonds is 22. The van der Waals surface area contributed by atoms with Crippen LogP contribution in [0.5, 0.6) is 0 Å². The van der Waals surface area contributed by atoms with E-state index in [2.05, 4.69) is 23.9 Å². The first-order chi connectivity index (χ1) is 16.8. The van der Waals surface area contributed by atoms with Crippen molar-refractivity contribution >= 4 is 6.09 Å². The number of aryl methyl sites for hydroxylation is 1. The molecule has 1 saturated heterocycles. The zero-order valence-corrected chi connectivity index (χ0v) is 21.9. The third-order valence-corrected chi connectivity index (χ3v) is 6.77. The highest BCUT2D eigenvalue weighted by atomic mass is 16.6. The van der Waals surface area contributed by atoms with Crippen LogP contribution in [-0.4, -0.2) is 43.4 Å². The van der Waals surface area contributed by atoms with Crippen LogP contribution in [0.25, 0.3) is 0 Å². The quantitative estimate of drug-likeness (QED) is 0.133. The monoisotopic (exact) mass is 475 g/mol. The van der Waals surface area contributed by atoms with Gasteiger partial charge in [-0.25, -0.2) is 9.36 Å². The Hall–Kier alpha value is -1.62. The Morgan fingerprint density at radius 1 is 0.824 bits per heavy atom. The van der Waals surface area contributed by atoms with Crippen molar-refractivity contribution in [1.82, 2.24) is 4.90 Å². The fraction of sp³-hybridized carbons (Fsp3) is 0.793. The predicted molar refractivity (Wildman–Crippen MR) is 139 cm³/mol. The Kier molecular flexibility index (Phi) is 16.5. The second-order valence-corrected chi connectivity index (χ2v) is 9.94. The molecule has 5 heteroatoms. The highest BCUT2D eigenvalue weighted by molar-refractivity contribution is 5.69. The summed E-state index contributed by atoms with van der Waals surface area (Å²) in [7, 11) is 0. The minimum atomic E-state index is -0.183. The minimum Gasteiger partial charge on any atom is -0.442 e. The number of cyclic esters (lactones) is 1. The molecule has 0 N–H and O–H groups in total. The van der Waals surface area contributed by atoms with Gasteiger partial charge in [0.15, 0.2) is 12.4 Å². The fourth-order valence-corrected chi connectivity index (χ4v) is 4.64. The average Bonchev–Trinajstić information content (AvgIpc) is 3.21. The maximum atomic E-state index is 12.1. The van der Waals surface area contributed by atoms with Crippen molar-refractivity contribution in [2.45, 2.75) is 122 Å². The van der Waals surface area contributed by atoms with Crippen LogP contribution in [0.15, 0.2) is 30.6 Å². The van der Waals surface area contributed by atoms with Gasteiger partial charge in [0.05, 0.1) is 13.2 Å². The third kappa shape index (κ3) is 13.9. The van der Waals surface area contributed by atoms with Crippen LogP contribution in [0, 0.1) is 0 Å². The molecular weight excluding hydrogens is 424 g/mol. The Morgan fingerprint density at radius 2 is 1.41 bits per heavy atom. The summed E-state index contributed by atoms with van der Waals surface area (Å²) in [5.41, 5.74) is 0. The first-order valence-corrected chi connectivity index (χ1v) is 14.3. The van der Waals surface area contributed by atoms with Gasteiger partial charge in [-0.15, -0.1) is 0 Å². The maximum absolute atomic E-state index is 12.1. The van der Waals surface area contributed by atoms with Crippen LogP contribution >= 0.6 is 0 Å². The molecule has 1 aromatic heterocycles. The fourth-order valence-electron chi connectivity index (χ4n) is 4.64. The summed E-state index contributed by atoms with van der Waals surface area (Å²) in [6.45, 7) is 6.00. The van der Waals surface area contributed by atoms with Crippen molar-refractivity contribution in [2.75, 3.05) is 26.3 Å². The van der Waals surface area contributed by atoms with E-state index in [-0.39, 0.29) is 12.2 Å². The number of unbranched alkanes of at least 4 members (excludes halogenated alkanes) is 14. The van der Waals surface area contributed by atoms with E-state index in [0.29, 0.717) is 13.2 Å². The van der Waals surface area contributed by atoms with Gasteiger partial charge in [0, 0.05) is 31.7 Å². The molecule has 5 nitrogen and oxygen atoms in total. The molecule has 0 aliphatic carbocycles. The van der Waals surface area contributed by atoms with Crippen LogP contribution in [0.1, 0.15) is 110 Å². The first kappa shape index (κ1) is 28.6. The minimum absolute atomic E-state index is 0.109. The molecule has 1 aliphatic rings. The summed E-state index contributed by atoms with van der Waals surface area (Å²) in [5.74, 6) is 0. The molecule has 1 unspecified atom stereocenters. The van der Waals surface area contributed by atoms with E-state index in [1.807, 2.05) is 23.1 Å². The zero-order chi connectivity index (χ0) is 24.1. The van der Waals surface area contributed by atoms with Crippen LogP contribution < -0.4 is 4.57 Å². The van der Waals surface area contributed by atoms with Crippen LogP contribution in [0.4, 0.5) is 4.79 Å². The number of nitrogens with zero attached hydrogens (tertiary/aromatic N) is 2. The van der Waals surface area contributed by atoms with Gasteiger partial charge >= 0.3 is 6.09 Å². The summed E-state index contributed by atoms with van der Waals surface area (Å²) in [6, 6.07) is 6.11. The average molecular weight is 476 g/mol. The molecule has 0 saturated carbocycles. The van der Waals surface area contributed by atoms with Crippen LogP contribution in [0.3, 0.4) is 0 Å². The summed E-state index contributed by atoms with van der Waals surface area (Å²) < 4.78 is 13.4. The number of aromatic nitrogens is 1. The van der Waals surface area contributed by atoms with Crippen molar-refractivity contribution < 1.29 is 18.8 Å². The lowest BCUT2D eigenvalue weighted by Gasteiger charge is -2.12. The Morgan fingerprint density at radius 3 is 2.03 bits per heavy atom. The molecule has 0 spiro atoms. The molecule has 0 bridgehead atoms. The van der Waals surface area contributed by atoms with Crippen LogP contribution in [0.2, 0.25) is 0 Å². The van der Waals surface area contributed by atoms with Gasteiger partial charge in [-0.3, -0.25) is 0 Å². The van der Waals surface area contributed by atoms with Crippen molar-refractivity contribution in [3.05, 3.63) is 30.6 Å². The van der Waals surface area contributed by atoms with Crippen molar-refractivity contribution in [3.63, 3.8) is 0 Å². The van der Waals surface area contributed by atoms with Gasteiger partial charge in [0.25, 0.3) is 0 Å². The highest BCUT2D eigenvalue weighted by Gasteiger charge is 2.30. The molecule has 1 aliphatic heterocycles. The number of hydrogen-bond donors (Lipinski definition) is 0. The Labute approximate surface area is 209 Å². The molecule has 0 aromatic carbocycles. The summed E-state index contributed by atoms with van der Waals surface area (Å²) in [5, 5.41) is 0. The number of amides is 1. The summed E-state index contributed by atoms with van der Waals surface area (Å²) in [4.78, 5) is 13.9. The zero-order valence-electron chi connectivity index (χ0n) is 21.9. The summed E-state index contributed by atoms with van der Waals surface area (Å²) in [6.07, 6.45) is 25.1. The van der Waals surface area contributed by atoms with E-state index >= 15 is 0 Å². The van der Waals surface area contributed by atoms with Crippen molar-refractivity contribution in [1.29, 1.82) is 0 Å². The van der Waals surface area contributed by atoms with Gasteiger partial charge in [-0.2, -0.15) is 0 Å². The third-order valence-electron chi connectivity index (χ3n) is 6.77. The lowest BCUT2D eigenvalue weighted by molar-refractivity contribution is -0.697. The topological polar surface area (TPSA) is 42.7 Å². The molecule has 2 heterocycles. The summed E-state index contributed by atoms with van der Waals surface area (Å²) >= 11 is 0. The number of pyridine rings is 1. The van der Waals surface area contributed by atoms with E-state index in [1.165, 1.54) is 83.5 Å². The lowest BCUT2D eigenvalue weighted by atomic mass is 10.0. The molecule has 34 heavy (non-hydrogen) atoms. The Balaban J connectivity index is 1.33. The van der Waals surface area contributed by atoms with Gasteiger partial charge in [-0.1, -0.05) is 96.5 Å². The molecule has 194 valence electrons. The number of hydrogen-bond acceptors (Lipinski definition) is 3. The molecule has 2 rings (SSSR count). The van der Waals surface area contributed by atoms with E-state index in [0.717, 1.165) is 39.0 Å². The molecule has 1 amide bonds. The SMILES string of the molecule is CCCCCCCCCCCCCCCCOCC1CN(CCCC[n+]2ccccc2)C(=O)O1. The lowest BCUT2D eigenvalue weighted by Crippen LogP contribution is -2.33. The van der Waals surface area contributed by atoms with Gasteiger partial charge in [0.2, 0.25) is 0 Å².